The second kappa shape index (κ2) is 6.58. The Bertz CT molecular complexity index is 598. The van der Waals surface area contributed by atoms with E-state index in [1.165, 1.54) is 0 Å². The Morgan fingerprint density at radius 1 is 1.45 bits per heavy atom. The van der Waals surface area contributed by atoms with E-state index in [1.54, 1.807) is 23.5 Å². The third-order valence-electron chi connectivity index (χ3n) is 3.05. The van der Waals surface area contributed by atoms with E-state index >= 15 is 0 Å². The molecule has 1 unspecified atom stereocenters. The molecule has 1 atom stereocenters. The van der Waals surface area contributed by atoms with Crippen LogP contribution in [0.3, 0.4) is 0 Å². The number of para-hydroxylation sites is 1. The van der Waals surface area contributed by atoms with Crippen molar-refractivity contribution in [2.24, 2.45) is 0 Å². The smallest absolute Gasteiger partial charge is 0.272 e. The summed E-state index contributed by atoms with van der Waals surface area (Å²) >= 11 is 1.63. The van der Waals surface area contributed by atoms with Crippen LogP contribution in [0.5, 0.6) is 0 Å². The van der Waals surface area contributed by atoms with Crippen LogP contribution in [-0.2, 0) is 6.42 Å². The van der Waals surface area contributed by atoms with E-state index in [2.05, 4.69) is 10.3 Å². The summed E-state index contributed by atoms with van der Waals surface area (Å²) in [6, 6.07) is 6.96. The van der Waals surface area contributed by atoms with Crippen LogP contribution in [-0.4, -0.2) is 16.5 Å². The summed E-state index contributed by atoms with van der Waals surface area (Å²) in [7, 11) is 0. The minimum Gasteiger partial charge on any atom is -0.309 e. The number of hydrogen-bond acceptors (Lipinski definition) is 5. The molecule has 0 aliphatic carbocycles. The molecule has 20 heavy (non-hydrogen) atoms. The molecule has 1 aromatic heterocycles. The van der Waals surface area contributed by atoms with Gasteiger partial charge in [0.2, 0.25) is 0 Å². The first-order valence-corrected chi connectivity index (χ1v) is 7.31. The zero-order valence-electron chi connectivity index (χ0n) is 11.5. The van der Waals surface area contributed by atoms with Crippen molar-refractivity contribution in [3.63, 3.8) is 0 Å². The maximum Gasteiger partial charge on any atom is 0.272 e. The average Bonchev–Trinajstić information content (AvgIpc) is 2.85. The zero-order chi connectivity index (χ0) is 14.5. The first-order chi connectivity index (χ1) is 9.61. The molecule has 2 rings (SSSR count). The molecule has 1 aromatic carbocycles. The topological polar surface area (TPSA) is 68.1 Å². The van der Waals surface area contributed by atoms with Gasteiger partial charge in [-0.3, -0.25) is 10.1 Å². The predicted molar refractivity (Wildman–Crippen MR) is 80.1 cm³/mol. The Kier molecular flexibility index (Phi) is 4.81. The van der Waals surface area contributed by atoms with Crippen molar-refractivity contribution in [1.29, 1.82) is 0 Å². The number of benzene rings is 1. The van der Waals surface area contributed by atoms with Crippen LogP contribution in [0, 0.1) is 17.0 Å². The summed E-state index contributed by atoms with van der Waals surface area (Å²) in [6.07, 6.45) is 2.44. The van der Waals surface area contributed by atoms with E-state index in [1.807, 2.05) is 32.2 Å². The molecular weight excluding hydrogens is 274 g/mol. The number of hydrogen-bond donors (Lipinski definition) is 1. The van der Waals surface area contributed by atoms with E-state index in [9.17, 15) is 10.1 Å². The molecule has 0 bridgehead atoms. The summed E-state index contributed by atoms with van der Waals surface area (Å²) in [5.41, 5.74) is 0.922. The lowest BCUT2D eigenvalue weighted by molar-refractivity contribution is -0.385. The van der Waals surface area contributed by atoms with Crippen molar-refractivity contribution in [1.82, 2.24) is 10.3 Å². The van der Waals surface area contributed by atoms with Crippen LogP contribution < -0.4 is 5.32 Å². The van der Waals surface area contributed by atoms with Gasteiger partial charge in [-0.2, -0.15) is 0 Å². The molecule has 0 spiro atoms. The number of nitro benzene ring substituents is 1. The number of likely N-dealkylation sites (N-methyl/N-ethyl adjacent to an activating group) is 1. The SMILES string of the molecule is CCNC(Cc1ccccc1[N+](=O)[O-])c1cnc(C)s1. The van der Waals surface area contributed by atoms with Gasteiger partial charge in [0.25, 0.3) is 5.69 Å². The first kappa shape index (κ1) is 14.6. The molecule has 1 N–H and O–H groups in total. The standard InChI is InChI=1S/C14H17N3O2S/c1-3-15-12(14-9-16-10(2)20-14)8-11-6-4-5-7-13(11)17(18)19/h4-7,9,12,15H,3,8H2,1-2H3. The fourth-order valence-electron chi connectivity index (χ4n) is 2.14. The largest absolute Gasteiger partial charge is 0.309 e. The molecule has 0 amide bonds. The normalized spacial score (nSPS) is 12.3. The molecule has 0 saturated carbocycles. The third-order valence-corrected chi connectivity index (χ3v) is 4.07. The Morgan fingerprint density at radius 3 is 2.80 bits per heavy atom. The van der Waals surface area contributed by atoms with E-state index in [0.717, 1.165) is 22.0 Å². The second-order valence-electron chi connectivity index (χ2n) is 4.48. The van der Waals surface area contributed by atoms with E-state index in [-0.39, 0.29) is 16.7 Å². The number of nitrogens with one attached hydrogen (secondary N) is 1. The number of nitro groups is 1. The first-order valence-electron chi connectivity index (χ1n) is 6.49. The predicted octanol–water partition coefficient (Wildman–Crippen LogP) is 3.25. The molecule has 5 nitrogen and oxygen atoms in total. The van der Waals surface area contributed by atoms with E-state index in [4.69, 9.17) is 0 Å². The molecule has 106 valence electrons. The van der Waals surface area contributed by atoms with Gasteiger partial charge in [0.1, 0.15) is 0 Å². The molecule has 2 aromatic rings. The summed E-state index contributed by atoms with van der Waals surface area (Å²) < 4.78 is 0. The molecule has 0 fully saturated rings. The van der Waals surface area contributed by atoms with Gasteiger partial charge in [-0.05, 0) is 19.9 Å². The van der Waals surface area contributed by atoms with Crippen molar-refractivity contribution < 1.29 is 4.92 Å². The van der Waals surface area contributed by atoms with Gasteiger partial charge in [-0.25, -0.2) is 4.98 Å². The molecule has 0 aliphatic rings. The van der Waals surface area contributed by atoms with Gasteiger partial charge >= 0.3 is 0 Å². The number of nitrogens with zero attached hydrogens (tertiary/aromatic N) is 2. The summed E-state index contributed by atoms with van der Waals surface area (Å²) in [5.74, 6) is 0. The van der Waals surface area contributed by atoms with Crippen LogP contribution in [0.4, 0.5) is 5.69 Å². The third kappa shape index (κ3) is 3.40. The van der Waals surface area contributed by atoms with E-state index in [0.29, 0.717) is 6.42 Å². The Hall–Kier alpha value is -1.79. The quantitative estimate of drug-likeness (QED) is 0.655. The highest BCUT2D eigenvalue weighted by Gasteiger charge is 2.19. The second-order valence-corrected chi connectivity index (χ2v) is 5.75. The molecule has 0 aliphatic heterocycles. The zero-order valence-corrected chi connectivity index (χ0v) is 12.3. The number of aromatic nitrogens is 1. The minimum absolute atomic E-state index is 0.0623. The fourth-order valence-corrected chi connectivity index (χ4v) is 3.00. The molecule has 0 radical (unpaired) electrons. The Morgan fingerprint density at radius 2 is 2.20 bits per heavy atom. The van der Waals surface area contributed by atoms with Crippen LogP contribution in [0.25, 0.3) is 0 Å². The Balaban J connectivity index is 2.27. The lowest BCUT2D eigenvalue weighted by Crippen LogP contribution is -2.22. The van der Waals surface area contributed by atoms with Crippen LogP contribution in [0.2, 0.25) is 0 Å². The Labute approximate surface area is 121 Å². The van der Waals surface area contributed by atoms with Crippen molar-refractivity contribution >= 4 is 17.0 Å². The number of aryl methyl sites for hydroxylation is 1. The highest BCUT2D eigenvalue weighted by molar-refractivity contribution is 7.11. The molecule has 1 heterocycles. The average molecular weight is 291 g/mol. The van der Waals surface area contributed by atoms with Crippen LogP contribution in [0.15, 0.2) is 30.5 Å². The molecular formula is C14H17N3O2S. The summed E-state index contributed by atoms with van der Waals surface area (Å²) in [6.45, 7) is 4.80. The van der Waals surface area contributed by atoms with Crippen molar-refractivity contribution in [2.75, 3.05) is 6.54 Å². The number of rotatable bonds is 6. The lowest BCUT2D eigenvalue weighted by atomic mass is 10.0. The van der Waals surface area contributed by atoms with Crippen LogP contribution in [0.1, 0.15) is 28.4 Å². The monoisotopic (exact) mass is 291 g/mol. The maximum atomic E-state index is 11.1. The fraction of sp³-hybridized carbons (Fsp3) is 0.357. The lowest BCUT2D eigenvalue weighted by Gasteiger charge is -2.16. The molecule has 6 heteroatoms. The van der Waals surface area contributed by atoms with Gasteiger partial charge in [0.15, 0.2) is 0 Å². The summed E-state index contributed by atoms with van der Waals surface area (Å²) in [5, 5.41) is 15.5. The highest BCUT2D eigenvalue weighted by Crippen LogP contribution is 2.27. The van der Waals surface area contributed by atoms with Crippen molar-refractivity contribution in [3.8, 4) is 0 Å². The highest BCUT2D eigenvalue weighted by atomic mass is 32.1. The minimum atomic E-state index is -0.323. The van der Waals surface area contributed by atoms with Gasteiger partial charge in [-0.15, -0.1) is 11.3 Å². The van der Waals surface area contributed by atoms with Crippen molar-refractivity contribution in [3.05, 3.63) is 56.0 Å². The number of thiazole rings is 1. The van der Waals surface area contributed by atoms with Gasteiger partial charge in [0, 0.05) is 28.7 Å². The summed E-state index contributed by atoms with van der Waals surface area (Å²) in [4.78, 5) is 16.1. The van der Waals surface area contributed by atoms with Gasteiger partial charge in [-0.1, -0.05) is 25.1 Å². The molecule has 0 saturated heterocycles. The van der Waals surface area contributed by atoms with E-state index < -0.39 is 0 Å². The van der Waals surface area contributed by atoms with Crippen LogP contribution >= 0.6 is 11.3 Å². The maximum absolute atomic E-state index is 11.1. The van der Waals surface area contributed by atoms with Crippen molar-refractivity contribution in [2.45, 2.75) is 26.3 Å². The van der Waals surface area contributed by atoms with Gasteiger partial charge < -0.3 is 5.32 Å². The van der Waals surface area contributed by atoms with Gasteiger partial charge in [0.05, 0.1) is 9.93 Å².